The van der Waals surface area contributed by atoms with Crippen LogP contribution in [0.2, 0.25) is 0 Å². The maximum absolute atomic E-state index is 13.4. The molecule has 0 saturated carbocycles. The zero-order valence-corrected chi connectivity index (χ0v) is 17.4. The largest absolute Gasteiger partial charge is 0.336 e. The van der Waals surface area contributed by atoms with Crippen LogP contribution in [0.15, 0.2) is 60.7 Å². The minimum Gasteiger partial charge on any atom is -0.336 e. The van der Waals surface area contributed by atoms with Crippen LogP contribution in [-0.4, -0.2) is 34.9 Å². The Balaban J connectivity index is 0.00000140. The quantitative estimate of drug-likeness (QED) is 0.679. The average molecular weight is 418 g/mol. The molecule has 2 atom stereocenters. The predicted molar refractivity (Wildman–Crippen MR) is 119 cm³/mol. The van der Waals surface area contributed by atoms with E-state index in [0.29, 0.717) is 12.5 Å². The van der Waals surface area contributed by atoms with Gasteiger partial charge in [0.15, 0.2) is 0 Å². The molecule has 1 saturated heterocycles. The van der Waals surface area contributed by atoms with E-state index in [1.54, 1.807) is 0 Å². The molecule has 1 amide bonds. The molecule has 1 aliphatic rings. The van der Waals surface area contributed by atoms with Crippen molar-refractivity contribution in [3.05, 3.63) is 66.2 Å². The van der Waals surface area contributed by atoms with Crippen LogP contribution in [0.5, 0.6) is 0 Å². The highest BCUT2D eigenvalue weighted by Gasteiger charge is 2.33. The van der Waals surface area contributed by atoms with Gasteiger partial charge in [0.25, 0.3) is 5.91 Å². The van der Waals surface area contributed by atoms with E-state index in [9.17, 15) is 4.79 Å². The Hall–Kier alpha value is -2.14. The molecule has 0 radical (unpaired) electrons. The Morgan fingerprint density at radius 1 is 1.11 bits per heavy atom. The van der Waals surface area contributed by atoms with Crippen LogP contribution in [0, 0.1) is 5.92 Å². The number of aromatic nitrogens is 1. The van der Waals surface area contributed by atoms with Gasteiger partial charge in [-0.3, -0.25) is 4.79 Å². The molecule has 2 N–H and O–H groups in total. The second-order valence-electron chi connectivity index (χ2n) is 7.08. The number of nitrogens with zero attached hydrogens (tertiary/aromatic N) is 2. The van der Waals surface area contributed by atoms with Gasteiger partial charge in [0.1, 0.15) is 0 Å². The van der Waals surface area contributed by atoms with E-state index in [1.165, 1.54) is 0 Å². The molecule has 0 bridgehead atoms. The first-order valence-corrected chi connectivity index (χ1v) is 9.13. The number of benzene rings is 2. The second-order valence-corrected chi connectivity index (χ2v) is 7.08. The van der Waals surface area contributed by atoms with Crippen molar-refractivity contribution in [3.8, 4) is 11.3 Å². The zero-order chi connectivity index (χ0) is 18.1. The van der Waals surface area contributed by atoms with Crippen LogP contribution in [0.1, 0.15) is 23.7 Å². The number of hydrogen-bond acceptors (Lipinski definition) is 3. The fourth-order valence-corrected chi connectivity index (χ4v) is 3.86. The molecule has 0 aliphatic carbocycles. The first-order valence-electron chi connectivity index (χ1n) is 9.13. The van der Waals surface area contributed by atoms with E-state index in [1.807, 2.05) is 65.6 Å². The zero-order valence-electron chi connectivity index (χ0n) is 15.7. The minimum atomic E-state index is 0. The molecule has 1 fully saturated rings. The topological polar surface area (TPSA) is 59.2 Å². The summed E-state index contributed by atoms with van der Waals surface area (Å²) in [6.07, 6.45) is 0.969. The van der Waals surface area contributed by atoms with Gasteiger partial charge in [-0.1, -0.05) is 48.5 Å². The van der Waals surface area contributed by atoms with Gasteiger partial charge in [-0.15, -0.1) is 24.8 Å². The standard InChI is InChI=1S/C22H23N3O.2ClH/c1-15-11-16(13-23)14-25(15)22(26)19-12-21(17-7-3-2-4-8-17)24-20-10-6-5-9-18(19)20;;/h2-10,12,15-16H,11,13-14,23H2,1H3;2*1H. The third-order valence-corrected chi connectivity index (χ3v) is 5.27. The highest BCUT2D eigenvalue weighted by Crippen LogP contribution is 2.29. The van der Waals surface area contributed by atoms with Gasteiger partial charge in [0.05, 0.1) is 16.8 Å². The molecular formula is C22H25Cl2N3O. The van der Waals surface area contributed by atoms with E-state index in [-0.39, 0.29) is 36.8 Å². The molecule has 2 unspecified atom stereocenters. The van der Waals surface area contributed by atoms with Crippen LogP contribution in [0.3, 0.4) is 0 Å². The summed E-state index contributed by atoms with van der Waals surface area (Å²) < 4.78 is 0. The Kier molecular flexibility index (Phi) is 7.41. The Bertz CT molecular complexity index is 949. The van der Waals surface area contributed by atoms with Gasteiger partial charge in [-0.25, -0.2) is 4.98 Å². The summed E-state index contributed by atoms with van der Waals surface area (Å²) >= 11 is 0. The summed E-state index contributed by atoms with van der Waals surface area (Å²) in [5.74, 6) is 0.458. The maximum Gasteiger partial charge on any atom is 0.254 e. The molecule has 148 valence electrons. The minimum absolute atomic E-state index is 0. The lowest BCUT2D eigenvalue weighted by molar-refractivity contribution is 0.0745. The fourth-order valence-electron chi connectivity index (χ4n) is 3.86. The van der Waals surface area contributed by atoms with Crippen molar-refractivity contribution in [2.45, 2.75) is 19.4 Å². The number of amides is 1. The Morgan fingerprint density at radius 3 is 2.46 bits per heavy atom. The van der Waals surface area contributed by atoms with Crippen molar-refractivity contribution in [2.75, 3.05) is 13.1 Å². The van der Waals surface area contributed by atoms with Crippen molar-refractivity contribution in [2.24, 2.45) is 11.7 Å². The van der Waals surface area contributed by atoms with Gasteiger partial charge >= 0.3 is 0 Å². The summed E-state index contributed by atoms with van der Waals surface area (Å²) in [5, 5.41) is 0.903. The third kappa shape index (κ3) is 4.14. The number of likely N-dealkylation sites (tertiary alicyclic amines) is 1. The van der Waals surface area contributed by atoms with Crippen LogP contribution in [0.25, 0.3) is 22.2 Å². The number of pyridine rings is 1. The molecule has 6 heteroatoms. The van der Waals surface area contributed by atoms with Crippen molar-refractivity contribution >= 4 is 41.6 Å². The highest BCUT2D eigenvalue weighted by molar-refractivity contribution is 6.07. The molecule has 4 nitrogen and oxygen atoms in total. The fraction of sp³-hybridized carbons (Fsp3) is 0.273. The molecule has 1 aromatic heterocycles. The van der Waals surface area contributed by atoms with Crippen molar-refractivity contribution in [3.63, 3.8) is 0 Å². The smallest absolute Gasteiger partial charge is 0.254 e. The molecule has 2 aromatic carbocycles. The molecule has 4 rings (SSSR count). The van der Waals surface area contributed by atoms with Crippen LogP contribution in [-0.2, 0) is 0 Å². The summed E-state index contributed by atoms with van der Waals surface area (Å²) in [5.41, 5.74) is 9.25. The van der Waals surface area contributed by atoms with Gasteiger partial charge in [0.2, 0.25) is 0 Å². The molecule has 3 aromatic rings. The second kappa shape index (κ2) is 9.37. The first-order chi connectivity index (χ1) is 12.7. The lowest BCUT2D eigenvalue weighted by Gasteiger charge is -2.22. The SMILES string of the molecule is CC1CC(CN)CN1C(=O)c1cc(-c2ccccc2)nc2ccccc12.Cl.Cl. The van der Waals surface area contributed by atoms with Gasteiger partial charge in [0, 0.05) is 23.5 Å². The Morgan fingerprint density at radius 2 is 1.79 bits per heavy atom. The molecule has 28 heavy (non-hydrogen) atoms. The number of hydrogen-bond donors (Lipinski definition) is 1. The van der Waals surface area contributed by atoms with Crippen molar-refractivity contribution in [1.29, 1.82) is 0 Å². The monoisotopic (exact) mass is 417 g/mol. The highest BCUT2D eigenvalue weighted by atomic mass is 35.5. The lowest BCUT2D eigenvalue weighted by Crippen LogP contribution is -2.34. The molecule has 1 aliphatic heterocycles. The molecule has 0 spiro atoms. The third-order valence-electron chi connectivity index (χ3n) is 5.27. The number of fused-ring (bicyclic) bond motifs is 1. The normalized spacial score (nSPS) is 18.4. The van der Waals surface area contributed by atoms with Crippen LogP contribution in [0.4, 0.5) is 0 Å². The number of carbonyl (C=O) groups excluding carboxylic acids is 1. The van der Waals surface area contributed by atoms with E-state index in [4.69, 9.17) is 10.7 Å². The number of rotatable bonds is 3. The predicted octanol–water partition coefficient (Wildman–Crippen LogP) is 4.55. The maximum atomic E-state index is 13.4. The Labute approximate surface area is 178 Å². The van der Waals surface area contributed by atoms with Crippen LogP contribution >= 0.6 is 24.8 Å². The van der Waals surface area contributed by atoms with Gasteiger partial charge < -0.3 is 10.6 Å². The van der Waals surface area contributed by atoms with E-state index >= 15 is 0 Å². The average Bonchev–Trinajstić information content (AvgIpc) is 3.08. The summed E-state index contributed by atoms with van der Waals surface area (Å²) in [7, 11) is 0. The first kappa shape index (κ1) is 22.2. The van der Waals surface area contributed by atoms with Crippen molar-refractivity contribution in [1.82, 2.24) is 9.88 Å². The summed E-state index contributed by atoms with van der Waals surface area (Å²) in [4.78, 5) is 20.1. The van der Waals surface area contributed by atoms with E-state index in [0.717, 1.165) is 40.7 Å². The van der Waals surface area contributed by atoms with E-state index in [2.05, 4.69) is 6.92 Å². The van der Waals surface area contributed by atoms with E-state index < -0.39 is 0 Å². The van der Waals surface area contributed by atoms with Gasteiger partial charge in [-0.2, -0.15) is 0 Å². The summed E-state index contributed by atoms with van der Waals surface area (Å²) in [6.45, 7) is 3.46. The number of nitrogens with two attached hydrogens (primary N) is 1. The number of para-hydroxylation sites is 1. The molecular weight excluding hydrogens is 393 g/mol. The van der Waals surface area contributed by atoms with Crippen molar-refractivity contribution < 1.29 is 4.79 Å². The lowest BCUT2D eigenvalue weighted by atomic mass is 10.0. The molecule has 2 heterocycles. The number of halogens is 2. The van der Waals surface area contributed by atoms with Crippen LogP contribution < -0.4 is 5.73 Å². The summed E-state index contributed by atoms with van der Waals surface area (Å²) in [6, 6.07) is 20.0. The number of carbonyl (C=O) groups is 1. The van der Waals surface area contributed by atoms with Gasteiger partial charge in [-0.05, 0) is 37.9 Å².